The molecular weight excluding hydrogens is 320 g/mol. The van der Waals surface area contributed by atoms with E-state index in [1.165, 1.54) is 10.9 Å². The number of anilines is 1. The van der Waals surface area contributed by atoms with Crippen LogP contribution in [0.3, 0.4) is 0 Å². The molecule has 0 spiro atoms. The fraction of sp³-hybridized carbons (Fsp3) is 0.167. The van der Waals surface area contributed by atoms with E-state index in [0.717, 1.165) is 12.1 Å². The van der Waals surface area contributed by atoms with Crippen molar-refractivity contribution >= 4 is 27.5 Å². The second-order valence-corrected chi connectivity index (χ2v) is 4.82. The van der Waals surface area contributed by atoms with Gasteiger partial charge in [-0.15, -0.1) is 0 Å². The van der Waals surface area contributed by atoms with Crippen LogP contribution in [0.1, 0.15) is 16.1 Å². The van der Waals surface area contributed by atoms with Crippen molar-refractivity contribution in [2.75, 3.05) is 5.32 Å². The van der Waals surface area contributed by atoms with Gasteiger partial charge >= 0.3 is 0 Å². The molecule has 0 bridgehead atoms. The summed E-state index contributed by atoms with van der Waals surface area (Å²) in [6.07, 6.45) is 1.37. The van der Waals surface area contributed by atoms with E-state index in [4.69, 9.17) is 0 Å². The van der Waals surface area contributed by atoms with Gasteiger partial charge in [0.05, 0.1) is 21.9 Å². The maximum atomic E-state index is 13.6. The van der Waals surface area contributed by atoms with Gasteiger partial charge in [-0.25, -0.2) is 8.78 Å². The number of nitrogens with one attached hydrogen (secondary N) is 1. The molecule has 0 aliphatic rings. The van der Waals surface area contributed by atoms with E-state index in [-0.39, 0.29) is 10.2 Å². The van der Waals surface area contributed by atoms with E-state index in [1.807, 2.05) is 0 Å². The molecule has 1 N–H and O–H groups in total. The van der Waals surface area contributed by atoms with Crippen molar-refractivity contribution in [3.63, 3.8) is 0 Å². The molecule has 0 saturated heterocycles. The van der Waals surface area contributed by atoms with Gasteiger partial charge in [-0.2, -0.15) is 5.10 Å². The van der Waals surface area contributed by atoms with Crippen molar-refractivity contribution in [3.05, 3.63) is 45.7 Å². The molecule has 0 atom stereocenters. The second kappa shape index (κ2) is 5.08. The molecule has 4 nitrogen and oxygen atoms in total. The first-order valence-corrected chi connectivity index (χ1v) is 6.14. The number of aryl methyl sites for hydroxylation is 1. The summed E-state index contributed by atoms with van der Waals surface area (Å²) in [5, 5.41) is 6.23. The highest BCUT2D eigenvalue weighted by molar-refractivity contribution is 9.10. The molecule has 1 heterocycles. The molecule has 2 rings (SSSR count). The van der Waals surface area contributed by atoms with Gasteiger partial charge in [-0.05, 0) is 28.9 Å². The Morgan fingerprint density at radius 3 is 2.63 bits per heavy atom. The SMILES string of the molecule is Cc1c(C(=O)Nc2cc(F)c(Br)cc2F)cnn1C. The van der Waals surface area contributed by atoms with Crippen molar-refractivity contribution in [2.45, 2.75) is 6.92 Å². The molecule has 1 aromatic heterocycles. The van der Waals surface area contributed by atoms with Crippen LogP contribution in [0.25, 0.3) is 0 Å². The summed E-state index contributed by atoms with van der Waals surface area (Å²) in [4.78, 5) is 11.9. The third-order valence-corrected chi connectivity index (χ3v) is 3.35. The molecule has 0 aliphatic carbocycles. The fourth-order valence-electron chi connectivity index (χ4n) is 1.53. The zero-order valence-electron chi connectivity index (χ0n) is 10.2. The quantitative estimate of drug-likeness (QED) is 0.861. The first-order valence-electron chi connectivity index (χ1n) is 5.34. The lowest BCUT2D eigenvalue weighted by atomic mass is 10.2. The van der Waals surface area contributed by atoms with Gasteiger partial charge in [-0.1, -0.05) is 0 Å². The number of benzene rings is 1. The van der Waals surface area contributed by atoms with Gasteiger partial charge in [0, 0.05) is 18.8 Å². The number of aromatic nitrogens is 2. The fourth-order valence-corrected chi connectivity index (χ4v) is 1.85. The second-order valence-electron chi connectivity index (χ2n) is 3.97. The zero-order valence-corrected chi connectivity index (χ0v) is 11.8. The number of carbonyl (C=O) groups is 1. The number of amides is 1. The highest BCUT2D eigenvalue weighted by atomic mass is 79.9. The topological polar surface area (TPSA) is 46.9 Å². The van der Waals surface area contributed by atoms with E-state index in [0.29, 0.717) is 11.3 Å². The molecule has 0 unspecified atom stereocenters. The summed E-state index contributed by atoms with van der Waals surface area (Å²) in [6.45, 7) is 1.71. The van der Waals surface area contributed by atoms with Gasteiger partial charge in [-0.3, -0.25) is 9.48 Å². The van der Waals surface area contributed by atoms with Crippen molar-refractivity contribution in [1.29, 1.82) is 0 Å². The van der Waals surface area contributed by atoms with Crippen LogP contribution >= 0.6 is 15.9 Å². The Hall–Kier alpha value is -1.76. The summed E-state index contributed by atoms with van der Waals surface area (Å²) >= 11 is 2.87. The summed E-state index contributed by atoms with van der Waals surface area (Å²) < 4.78 is 28.4. The van der Waals surface area contributed by atoms with Crippen LogP contribution in [0.2, 0.25) is 0 Å². The van der Waals surface area contributed by atoms with Crippen molar-refractivity contribution < 1.29 is 13.6 Å². The summed E-state index contributed by atoms with van der Waals surface area (Å²) in [5.74, 6) is -1.91. The molecule has 0 fully saturated rings. The third-order valence-electron chi connectivity index (χ3n) is 2.74. The van der Waals surface area contributed by atoms with E-state index >= 15 is 0 Å². The Morgan fingerprint density at radius 2 is 2.05 bits per heavy atom. The number of carbonyl (C=O) groups excluding carboxylic acids is 1. The van der Waals surface area contributed by atoms with Gasteiger partial charge in [0.1, 0.15) is 11.6 Å². The maximum absolute atomic E-state index is 13.6. The average Bonchev–Trinajstić information content (AvgIpc) is 2.67. The number of nitrogens with zero attached hydrogens (tertiary/aromatic N) is 2. The molecule has 0 aliphatic heterocycles. The largest absolute Gasteiger partial charge is 0.319 e. The van der Waals surface area contributed by atoms with Crippen molar-refractivity contribution in [1.82, 2.24) is 9.78 Å². The van der Waals surface area contributed by atoms with E-state index < -0.39 is 17.5 Å². The van der Waals surface area contributed by atoms with Crippen LogP contribution in [0.4, 0.5) is 14.5 Å². The minimum absolute atomic E-state index is 0.000516. The molecular formula is C12H10BrF2N3O. The van der Waals surface area contributed by atoms with Crippen LogP contribution in [-0.4, -0.2) is 15.7 Å². The highest BCUT2D eigenvalue weighted by Gasteiger charge is 2.16. The predicted molar refractivity (Wildman–Crippen MR) is 70.0 cm³/mol. The third kappa shape index (κ3) is 2.65. The molecule has 100 valence electrons. The molecule has 19 heavy (non-hydrogen) atoms. The summed E-state index contributed by atoms with van der Waals surface area (Å²) in [5.41, 5.74) is 0.731. The lowest BCUT2D eigenvalue weighted by Gasteiger charge is -2.07. The average molecular weight is 330 g/mol. The van der Waals surface area contributed by atoms with Crippen molar-refractivity contribution in [3.8, 4) is 0 Å². The maximum Gasteiger partial charge on any atom is 0.259 e. The standard InChI is InChI=1S/C12H10BrF2N3O/c1-6-7(5-16-18(6)2)12(19)17-11-4-9(14)8(13)3-10(11)15/h3-5H,1-2H3,(H,17,19). The monoisotopic (exact) mass is 329 g/mol. The minimum atomic E-state index is -0.719. The molecule has 2 aromatic rings. The Kier molecular flexibility index (Phi) is 3.66. The normalized spacial score (nSPS) is 10.6. The number of hydrogen-bond donors (Lipinski definition) is 1. The number of hydrogen-bond acceptors (Lipinski definition) is 2. The molecule has 7 heteroatoms. The van der Waals surface area contributed by atoms with Crippen molar-refractivity contribution in [2.24, 2.45) is 7.05 Å². The molecule has 1 aromatic carbocycles. The highest BCUT2D eigenvalue weighted by Crippen LogP contribution is 2.24. The van der Waals surface area contributed by atoms with Gasteiger partial charge in [0.2, 0.25) is 0 Å². The Labute approximate surface area is 116 Å². The van der Waals surface area contributed by atoms with Crippen LogP contribution in [0.5, 0.6) is 0 Å². The Morgan fingerprint density at radius 1 is 1.37 bits per heavy atom. The first kappa shape index (κ1) is 13.7. The van der Waals surface area contributed by atoms with Crippen LogP contribution in [0, 0.1) is 18.6 Å². The van der Waals surface area contributed by atoms with Crippen LogP contribution in [0.15, 0.2) is 22.8 Å². The Bertz CT molecular complexity index is 655. The lowest BCUT2D eigenvalue weighted by molar-refractivity contribution is 0.102. The molecule has 1 amide bonds. The summed E-state index contributed by atoms with van der Waals surface area (Å²) in [7, 11) is 1.69. The Balaban J connectivity index is 2.29. The molecule has 0 radical (unpaired) electrons. The zero-order chi connectivity index (χ0) is 14.2. The summed E-state index contributed by atoms with van der Waals surface area (Å²) in [6, 6.07) is 1.88. The minimum Gasteiger partial charge on any atom is -0.319 e. The number of halogens is 3. The van der Waals surface area contributed by atoms with Gasteiger partial charge in [0.25, 0.3) is 5.91 Å². The van der Waals surface area contributed by atoms with Crippen LogP contribution in [-0.2, 0) is 7.05 Å². The lowest BCUT2D eigenvalue weighted by Crippen LogP contribution is -2.14. The van der Waals surface area contributed by atoms with Gasteiger partial charge in [0.15, 0.2) is 0 Å². The predicted octanol–water partition coefficient (Wildman–Crippen LogP) is 3.02. The van der Waals surface area contributed by atoms with E-state index in [2.05, 4.69) is 26.3 Å². The van der Waals surface area contributed by atoms with Crippen LogP contribution < -0.4 is 5.32 Å². The smallest absolute Gasteiger partial charge is 0.259 e. The first-order chi connectivity index (χ1) is 8.90. The number of rotatable bonds is 2. The van der Waals surface area contributed by atoms with Gasteiger partial charge < -0.3 is 5.32 Å². The van der Waals surface area contributed by atoms with E-state index in [9.17, 15) is 13.6 Å². The molecule has 0 saturated carbocycles. The van der Waals surface area contributed by atoms with E-state index in [1.54, 1.807) is 14.0 Å².